The van der Waals surface area contributed by atoms with Crippen molar-refractivity contribution in [2.24, 2.45) is 17.8 Å². The number of rotatable bonds is 8. The molecular formula is C24H30N2O4S. The molecule has 31 heavy (non-hydrogen) atoms. The molecule has 2 aromatic rings. The number of fused-ring (bicyclic) bond motifs is 2. The highest BCUT2D eigenvalue weighted by Crippen LogP contribution is 2.49. The normalized spacial score (nSPS) is 23.5. The van der Waals surface area contributed by atoms with E-state index in [0.29, 0.717) is 35.4 Å². The highest BCUT2D eigenvalue weighted by molar-refractivity contribution is 7.89. The Morgan fingerprint density at radius 2 is 1.77 bits per heavy atom. The number of benzene rings is 2. The molecule has 0 radical (unpaired) electrons. The summed E-state index contributed by atoms with van der Waals surface area (Å²) in [4.78, 5) is 12.6. The van der Waals surface area contributed by atoms with Crippen LogP contribution in [0.15, 0.2) is 53.4 Å². The first-order valence-corrected chi connectivity index (χ1v) is 12.5. The Bertz CT molecular complexity index is 1020. The molecule has 6 nitrogen and oxygen atoms in total. The largest absolute Gasteiger partial charge is 0.494 e. The topological polar surface area (TPSA) is 84.5 Å². The number of ether oxygens (including phenoxy) is 1. The van der Waals surface area contributed by atoms with Crippen LogP contribution in [0.4, 0.5) is 5.69 Å². The SMILES string of the molecule is CCOc1ccc(C(=O)Nc2ccc(S(=O)(=O)N[C@H](C)[C@H]3C[C@H]4CC[C@H]3C4)cc2)cc1. The van der Waals surface area contributed by atoms with Gasteiger partial charge in [-0.05, 0) is 99.4 Å². The molecule has 2 fully saturated rings. The molecule has 1 amide bonds. The lowest BCUT2D eigenvalue weighted by Crippen LogP contribution is -2.40. The fourth-order valence-corrected chi connectivity index (χ4v) is 6.39. The summed E-state index contributed by atoms with van der Waals surface area (Å²) in [5, 5.41) is 2.80. The zero-order valence-corrected chi connectivity index (χ0v) is 18.8. The molecule has 2 saturated carbocycles. The van der Waals surface area contributed by atoms with Gasteiger partial charge >= 0.3 is 0 Å². The fraction of sp³-hybridized carbons (Fsp3) is 0.458. The minimum Gasteiger partial charge on any atom is -0.494 e. The third-order valence-electron chi connectivity index (χ3n) is 6.63. The standard InChI is InChI=1S/C24H30N2O4S/c1-3-30-21-10-6-18(7-11-21)24(27)25-20-8-12-22(13-9-20)31(28,29)26-16(2)23-15-17-4-5-19(23)14-17/h6-13,16-17,19,23,26H,3-5,14-15H2,1-2H3,(H,25,27)/t16-,17+,19+,23-/m1/s1. The molecule has 2 bridgehead atoms. The van der Waals surface area contributed by atoms with Gasteiger partial charge < -0.3 is 10.1 Å². The second-order valence-corrected chi connectivity index (χ2v) is 10.4. The molecule has 4 atom stereocenters. The molecule has 0 spiro atoms. The number of nitrogens with one attached hydrogen (secondary N) is 2. The molecule has 166 valence electrons. The van der Waals surface area contributed by atoms with Crippen LogP contribution < -0.4 is 14.8 Å². The number of hydrogen-bond donors (Lipinski definition) is 2. The van der Waals surface area contributed by atoms with E-state index in [1.165, 1.54) is 31.4 Å². The van der Waals surface area contributed by atoms with E-state index in [4.69, 9.17) is 4.74 Å². The molecular weight excluding hydrogens is 412 g/mol. The van der Waals surface area contributed by atoms with Crippen molar-refractivity contribution in [1.82, 2.24) is 4.72 Å². The Balaban J connectivity index is 1.37. The van der Waals surface area contributed by atoms with Crippen LogP contribution in [0.3, 0.4) is 0 Å². The van der Waals surface area contributed by atoms with Crippen LogP contribution in [0.25, 0.3) is 0 Å². The summed E-state index contributed by atoms with van der Waals surface area (Å²) in [5.41, 5.74) is 1.04. The third-order valence-corrected chi connectivity index (χ3v) is 8.20. The first-order chi connectivity index (χ1) is 14.9. The van der Waals surface area contributed by atoms with Crippen molar-refractivity contribution in [2.45, 2.75) is 50.5 Å². The Hall–Kier alpha value is -2.38. The van der Waals surface area contributed by atoms with Crippen LogP contribution in [0.5, 0.6) is 5.75 Å². The Morgan fingerprint density at radius 1 is 1.06 bits per heavy atom. The molecule has 4 rings (SSSR count). The molecule has 0 aliphatic heterocycles. The number of sulfonamides is 1. The van der Waals surface area contributed by atoms with Gasteiger partial charge in [-0.25, -0.2) is 13.1 Å². The first kappa shape index (κ1) is 21.8. The smallest absolute Gasteiger partial charge is 0.255 e. The Kier molecular flexibility index (Phi) is 6.34. The van der Waals surface area contributed by atoms with Gasteiger partial charge in [0.25, 0.3) is 5.91 Å². The second kappa shape index (κ2) is 9.01. The summed E-state index contributed by atoms with van der Waals surface area (Å²) in [5.74, 6) is 2.31. The van der Waals surface area contributed by atoms with Gasteiger partial charge in [-0.1, -0.05) is 6.42 Å². The van der Waals surface area contributed by atoms with Crippen molar-refractivity contribution in [3.63, 3.8) is 0 Å². The van der Waals surface area contributed by atoms with Gasteiger partial charge in [0.15, 0.2) is 0 Å². The molecule has 0 unspecified atom stereocenters. The van der Waals surface area contributed by atoms with E-state index in [9.17, 15) is 13.2 Å². The summed E-state index contributed by atoms with van der Waals surface area (Å²) in [6.45, 7) is 4.45. The maximum atomic E-state index is 12.8. The van der Waals surface area contributed by atoms with Crippen LogP contribution in [0.1, 0.15) is 49.9 Å². The highest BCUT2D eigenvalue weighted by atomic mass is 32.2. The van der Waals surface area contributed by atoms with E-state index in [-0.39, 0.29) is 16.8 Å². The summed E-state index contributed by atoms with van der Waals surface area (Å²) >= 11 is 0. The molecule has 0 heterocycles. The monoisotopic (exact) mass is 442 g/mol. The van der Waals surface area contributed by atoms with E-state index < -0.39 is 10.0 Å². The highest BCUT2D eigenvalue weighted by Gasteiger charge is 2.42. The van der Waals surface area contributed by atoms with Gasteiger partial charge in [0, 0.05) is 17.3 Å². The summed E-state index contributed by atoms with van der Waals surface area (Å²) in [6, 6.07) is 13.1. The third kappa shape index (κ3) is 4.93. The predicted octanol–water partition coefficient (Wildman–Crippen LogP) is 4.44. The van der Waals surface area contributed by atoms with E-state index in [1.54, 1.807) is 36.4 Å². The van der Waals surface area contributed by atoms with Gasteiger partial charge in [0.2, 0.25) is 10.0 Å². The average Bonchev–Trinajstić information content (AvgIpc) is 3.38. The van der Waals surface area contributed by atoms with Crippen molar-refractivity contribution >= 4 is 21.6 Å². The quantitative estimate of drug-likeness (QED) is 0.633. The maximum absolute atomic E-state index is 12.8. The summed E-state index contributed by atoms with van der Waals surface area (Å²) in [7, 11) is -3.60. The molecule has 2 aliphatic rings. The van der Waals surface area contributed by atoms with E-state index in [2.05, 4.69) is 10.0 Å². The van der Waals surface area contributed by atoms with Gasteiger partial charge in [-0.15, -0.1) is 0 Å². The number of amides is 1. The fourth-order valence-electron chi connectivity index (χ4n) is 5.10. The number of carbonyl (C=O) groups is 1. The molecule has 2 aromatic carbocycles. The average molecular weight is 443 g/mol. The second-order valence-electron chi connectivity index (χ2n) is 8.68. The van der Waals surface area contributed by atoms with Gasteiger partial charge in [0.1, 0.15) is 5.75 Å². The van der Waals surface area contributed by atoms with E-state index in [0.717, 1.165) is 12.3 Å². The van der Waals surface area contributed by atoms with Crippen LogP contribution >= 0.6 is 0 Å². The number of anilines is 1. The van der Waals surface area contributed by atoms with Crippen molar-refractivity contribution in [1.29, 1.82) is 0 Å². The van der Waals surface area contributed by atoms with Gasteiger partial charge in [-0.2, -0.15) is 0 Å². The van der Waals surface area contributed by atoms with Crippen LogP contribution in [-0.4, -0.2) is 27.0 Å². The minimum absolute atomic E-state index is 0.0701. The van der Waals surface area contributed by atoms with Crippen LogP contribution in [-0.2, 0) is 10.0 Å². The van der Waals surface area contributed by atoms with Crippen molar-refractivity contribution < 1.29 is 17.9 Å². The Labute approximate surface area is 184 Å². The van der Waals surface area contributed by atoms with Crippen molar-refractivity contribution in [3.05, 3.63) is 54.1 Å². The Morgan fingerprint density at radius 3 is 2.35 bits per heavy atom. The zero-order chi connectivity index (χ0) is 22.0. The predicted molar refractivity (Wildman–Crippen MR) is 121 cm³/mol. The number of hydrogen-bond acceptors (Lipinski definition) is 4. The molecule has 2 N–H and O–H groups in total. The van der Waals surface area contributed by atoms with Crippen molar-refractivity contribution in [3.8, 4) is 5.75 Å². The first-order valence-electron chi connectivity index (χ1n) is 11.0. The summed E-state index contributed by atoms with van der Waals surface area (Å²) in [6.07, 6.45) is 4.90. The minimum atomic E-state index is -3.60. The maximum Gasteiger partial charge on any atom is 0.255 e. The lowest BCUT2D eigenvalue weighted by atomic mass is 9.84. The number of carbonyl (C=O) groups excluding carboxylic acids is 1. The van der Waals surface area contributed by atoms with Gasteiger partial charge in [0.05, 0.1) is 11.5 Å². The molecule has 0 aromatic heterocycles. The molecule has 0 saturated heterocycles. The van der Waals surface area contributed by atoms with E-state index in [1.807, 2.05) is 13.8 Å². The van der Waals surface area contributed by atoms with Gasteiger partial charge in [-0.3, -0.25) is 4.79 Å². The lowest BCUT2D eigenvalue weighted by molar-refractivity contribution is 0.102. The van der Waals surface area contributed by atoms with Crippen LogP contribution in [0.2, 0.25) is 0 Å². The van der Waals surface area contributed by atoms with E-state index >= 15 is 0 Å². The zero-order valence-electron chi connectivity index (χ0n) is 18.0. The summed E-state index contributed by atoms with van der Waals surface area (Å²) < 4.78 is 33.9. The molecule has 2 aliphatic carbocycles. The van der Waals surface area contributed by atoms with Crippen LogP contribution in [0, 0.1) is 17.8 Å². The molecule has 7 heteroatoms. The lowest BCUT2D eigenvalue weighted by Gasteiger charge is -2.28. The van der Waals surface area contributed by atoms with Crippen molar-refractivity contribution in [2.75, 3.05) is 11.9 Å².